The molecule has 22 heavy (non-hydrogen) atoms. The molecule has 2 atom stereocenters. The normalized spacial score (nSPS) is 14.3. The van der Waals surface area contributed by atoms with Crippen LogP contribution >= 0.6 is 0 Å². The van der Waals surface area contributed by atoms with Crippen LogP contribution in [0.4, 0.5) is 0 Å². The number of ether oxygens (including phenoxy) is 2. The highest BCUT2D eigenvalue weighted by Gasteiger charge is 2.42. The van der Waals surface area contributed by atoms with Gasteiger partial charge in [0.1, 0.15) is 0 Å². The van der Waals surface area contributed by atoms with E-state index in [-0.39, 0.29) is 17.4 Å². The van der Waals surface area contributed by atoms with Crippen molar-refractivity contribution in [3.05, 3.63) is 0 Å². The first-order valence-electron chi connectivity index (χ1n) is 8.62. The predicted octanol–water partition coefficient (Wildman–Crippen LogP) is 4.36. The lowest BCUT2D eigenvalue weighted by atomic mass is 9.72. The Morgan fingerprint density at radius 2 is 1.32 bits per heavy atom. The number of hydrogen-bond donors (Lipinski definition) is 0. The molecule has 0 radical (unpaired) electrons. The summed E-state index contributed by atoms with van der Waals surface area (Å²) >= 11 is 0. The molecule has 0 spiro atoms. The fourth-order valence-corrected chi connectivity index (χ4v) is 2.49. The summed E-state index contributed by atoms with van der Waals surface area (Å²) in [7, 11) is 0. The van der Waals surface area contributed by atoms with Crippen LogP contribution in [0.5, 0.6) is 0 Å². The van der Waals surface area contributed by atoms with Crippen molar-refractivity contribution in [2.24, 2.45) is 17.3 Å². The number of carbonyl (C=O) groups is 2. The van der Waals surface area contributed by atoms with Crippen LogP contribution < -0.4 is 0 Å². The summed E-state index contributed by atoms with van der Waals surface area (Å²) in [6.07, 6.45) is 4.23. The Morgan fingerprint density at radius 1 is 0.864 bits per heavy atom. The SMILES string of the molecule is CCCCOC(=O)C(CC)C(C(=O)OCCCC)C(C)(C)C. The van der Waals surface area contributed by atoms with E-state index in [1.807, 2.05) is 34.6 Å². The van der Waals surface area contributed by atoms with Gasteiger partial charge >= 0.3 is 11.9 Å². The highest BCUT2D eigenvalue weighted by molar-refractivity contribution is 5.82. The van der Waals surface area contributed by atoms with Crippen molar-refractivity contribution in [2.75, 3.05) is 13.2 Å². The zero-order chi connectivity index (χ0) is 17.2. The molecule has 130 valence electrons. The molecule has 0 heterocycles. The van der Waals surface area contributed by atoms with Crippen LogP contribution in [0.1, 0.15) is 73.6 Å². The molecular weight excluding hydrogens is 280 g/mol. The molecule has 0 aliphatic rings. The van der Waals surface area contributed by atoms with Gasteiger partial charge in [-0.3, -0.25) is 9.59 Å². The number of hydrogen-bond acceptors (Lipinski definition) is 4. The van der Waals surface area contributed by atoms with Crippen molar-refractivity contribution in [2.45, 2.75) is 73.6 Å². The van der Waals surface area contributed by atoms with Crippen LogP contribution in [0.25, 0.3) is 0 Å². The number of carbonyl (C=O) groups excluding carboxylic acids is 2. The minimum atomic E-state index is -0.469. The van der Waals surface area contributed by atoms with E-state index in [9.17, 15) is 9.59 Å². The maximum Gasteiger partial charge on any atom is 0.310 e. The van der Waals surface area contributed by atoms with Gasteiger partial charge in [0.15, 0.2) is 0 Å². The Labute approximate surface area is 135 Å². The summed E-state index contributed by atoms with van der Waals surface area (Å²) in [6.45, 7) is 12.8. The van der Waals surface area contributed by atoms with E-state index in [0.717, 1.165) is 25.7 Å². The molecule has 0 amide bonds. The third kappa shape index (κ3) is 7.28. The van der Waals surface area contributed by atoms with Gasteiger partial charge in [-0.1, -0.05) is 54.4 Å². The molecule has 0 bridgehead atoms. The van der Waals surface area contributed by atoms with Crippen molar-refractivity contribution in [1.29, 1.82) is 0 Å². The lowest BCUT2D eigenvalue weighted by molar-refractivity contribution is -0.166. The molecule has 0 aromatic rings. The Kier molecular flexibility index (Phi) is 10.1. The second kappa shape index (κ2) is 10.6. The lowest BCUT2D eigenvalue weighted by Crippen LogP contribution is -2.40. The predicted molar refractivity (Wildman–Crippen MR) is 88.5 cm³/mol. The van der Waals surface area contributed by atoms with E-state index in [4.69, 9.17) is 9.47 Å². The van der Waals surface area contributed by atoms with Gasteiger partial charge in [-0.15, -0.1) is 0 Å². The third-order valence-electron chi connectivity index (χ3n) is 3.82. The molecule has 0 N–H and O–H groups in total. The minimum Gasteiger partial charge on any atom is -0.465 e. The van der Waals surface area contributed by atoms with Gasteiger partial charge in [0.25, 0.3) is 0 Å². The molecular formula is C18H34O4. The van der Waals surface area contributed by atoms with Crippen molar-refractivity contribution in [3.8, 4) is 0 Å². The zero-order valence-corrected chi connectivity index (χ0v) is 15.2. The third-order valence-corrected chi connectivity index (χ3v) is 3.82. The molecule has 4 heteroatoms. The van der Waals surface area contributed by atoms with E-state index in [1.165, 1.54) is 0 Å². The summed E-state index contributed by atoms with van der Waals surface area (Å²) in [5.41, 5.74) is -0.340. The minimum absolute atomic E-state index is 0.275. The van der Waals surface area contributed by atoms with Crippen molar-refractivity contribution < 1.29 is 19.1 Å². The maximum atomic E-state index is 12.5. The van der Waals surface area contributed by atoms with E-state index in [2.05, 4.69) is 6.92 Å². The topological polar surface area (TPSA) is 52.6 Å². The van der Waals surface area contributed by atoms with Crippen LogP contribution in [0, 0.1) is 17.3 Å². The standard InChI is InChI=1S/C18H34O4/c1-7-10-12-21-16(19)14(9-3)15(18(4,5)6)17(20)22-13-11-8-2/h14-15H,7-13H2,1-6H3. The largest absolute Gasteiger partial charge is 0.465 e. The van der Waals surface area contributed by atoms with Gasteiger partial charge in [0.2, 0.25) is 0 Å². The molecule has 2 unspecified atom stereocenters. The van der Waals surface area contributed by atoms with Gasteiger partial charge in [-0.05, 0) is 24.7 Å². The van der Waals surface area contributed by atoms with Gasteiger partial charge in [-0.2, -0.15) is 0 Å². The van der Waals surface area contributed by atoms with Gasteiger partial charge in [0, 0.05) is 0 Å². The molecule has 0 aromatic carbocycles. The average Bonchev–Trinajstić information content (AvgIpc) is 2.43. The highest BCUT2D eigenvalue weighted by atomic mass is 16.5. The number of esters is 2. The van der Waals surface area contributed by atoms with Crippen LogP contribution in [-0.2, 0) is 19.1 Å². The summed E-state index contributed by atoms with van der Waals surface area (Å²) < 4.78 is 10.7. The molecule has 0 rings (SSSR count). The summed E-state index contributed by atoms with van der Waals surface area (Å²) in [5.74, 6) is -1.46. The van der Waals surface area contributed by atoms with E-state index < -0.39 is 11.8 Å². The van der Waals surface area contributed by atoms with Gasteiger partial charge < -0.3 is 9.47 Å². The van der Waals surface area contributed by atoms with E-state index >= 15 is 0 Å². The Bertz CT molecular complexity index is 330. The first-order valence-corrected chi connectivity index (χ1v) is 8.62. The number of unbranched alkanes of at least 4 members (excludes halogenated alkanes) is 2. The first kappa shape index (κ1) is 20.9. The monoisotopic (exact) mass is 314 g/mol. The van der Waals surface area contributed by atoms with Crippen molar-refractivity contribution >= 4 is 11.9 Å². The van der Waals surface area contributed by atoms with Crippen molar-refractivity contribution in [1.82, 2.24) is 0 Å². The van der Waals surface area contributed by atoms with Crippen LogP contribution in [0.2, 0.25) is 0 Å². The molecule has 0 saturated carbocycles. The Hall–Kier alpha value is -1.06. The van der Waals surface area contributed by atoms with Gasteiger partial charge in [0.05, 0.1) is 25.0 Å². The van der Waals surface area contributed by atoms with E-state index in [0.29, 0.717) is 19.6 Å². The fourth-order valence-electron chi connectivity index (χ4n) is 2.49. The van der Waals surface area contributed by atoms with Crippen molar-refractivity contribution in [3.63, 3.8) is 0 Å². The Morgan fingerprint density at radius 3 is 1.68 bits per heavy atom. The smallest absolute Gasteiger partial charge is 0.310 e. The Balaban J connectivity index is 4.96. The first-order chi connectivity index (χ1) is 10.3. The van der Waals surface area contributed by atoms with Crippen LogP contribution in [-0.4, -0.2) is 25.2 Å². The average molecular weight is 314 g/mol. The lowest BCUT2D eigenvalue weighted by Gasteiger charge is -2.33. The molecule has 0 aliphatic heterocycles. The second-order valence-electron chi connectivity index (χ2n) is 6.90. The molecule has 0 aliphatic carbocycles. The summed E-state index contributed by atoms with van der Waals surface area (Å²) in [5, 5.41) is 0. The van der Waals surface area contributed by atoms with Crippen LogP contribution in [0.3, 0.4) is 0 Å². The van der Waals surface area contributed by atoms with E-state index in [1.54, 1.807) is 0 Å². The van der Waals surface area contributed by atoms with Crippen LogP contribution in [0.15, 0.2) is 0 Å². The van der Waals surface area contributed by atoms with Gasteiger partial charge in [-0.25, -0.2) is 0 Å². The molecule has 0 fully saturated rings. The molecule has 0 saturated heterocycles. The maximum absolute atomic E-state index is 12.5. The summed E-state index contributed by atoms with van der Waals surface area (Å²) in [6, 6.07) is 0. The molecule has 0 aromatic heterocycles. The fraction of sp³-hybridized carbons (Fsp3) is 0.889. The molecule has 4 nitrogen and oxygen atoms in total. The zero-order valence-electron chi connectivity index (χ0n) is 15.2. The highest BCUT2D eigenvalue weighted by Crippen LogP contribution is 2.35. The quantitative estimate of drug-likeness (QED) is 0.444. The second-order valence-corrected chi connectivity index (χ2v) is 6.90. The summed E-state index contributed by atoms with van der Waals surface area (Å²) in [4.78, 5) is 24.8. The number of rotatable bonds is 10.